The summed E-state index contributed by atoms with van der Waals surface area (Å²) in [6.07, 6.45) is -0.734. The first-order valence-corrected chi connectivity index (χ1v) is 12.0. The summed E-state index contributed by atoms with van der Waals surface area (Å²) in [6, 6.07) is 9.95. The molecule has 9 nitrogen and oxygen atoms in total. The minimum Gasteiger partial charge on any atom is -0.449 e. The van der Waals surface area contributed by atoms with Crippen LogP contribution in [-0.2, 0) is 26.0 Å². The third-order valence-electron chi connectivity index (χ3n) is 4.89. The standard InChI is InChI=1S/C22H24ClN3O6S/c1-13(2)24-22(29)25-20(27)14(3)32-21(28)16-8-9-17(23)19(12-16)33(30,31)26-11-10-15-6-4-5-7-18(15)26/h4-9,12-14H,10-11H2,1-3H3,(H2,24,25,27,29). The van der Waals surface area contributed by atoms with Crippen molar-refractivity contribution in [1.29, 1.82) is 0 Å². The molecule has 0 bridgehead atoms. The van der Waals surface area contributed by atoms with Gasteiger partial charge >= 0.3 is 12.0 Å². The number of nitrogens with zero attached hydrogens (tertiary/aromatic N) is 1. The lowest BCUT2D eigenvalue weighted by molar-refractivity contribution is -0.127. The Labute approximate surface area is 197 Å². The average Bonchev–Trinajstić information content (AvgIpc) is 3.18. The molecule has 2 aromatic rings. The monoisotopic (exact) mass is 493 g/mol. The number of para-hydroxylation sites is 1. The van der Waals surface area contributed by atoms with E-state index in [-0.39, 0.29) is 28.1 Å². The number of imide groups is 1. The third-order valence-corrected chi connectivity index (χ3v) is 7.18. The van der Waals surface area contributed by atoms with E-state index in [1.54, 1.807) is 26.0 Å². The molecule has 2 N–H and O–H groups in total. The number of rotatable bonds is 6. The van der Waals surface area contributed by atoms with Gasteiger partial charge in [-0.15, -0.1) is 0 Å². The highest BCUT2D eigenvalue weighted by Crippen LogP contribution is 2.35. The first-order valence-electron chi connectivity index (χ1n) is 10.2. The summed E-state index contributed by atoms with van der Waals surface area (Å²) in [4.78, 5) is 36.1. The van der Waals surface area contributed by atoms with Gasteiger partial charge in [-0.25, -0.2) is 18.0 Å². The summed E-state index contributed by atoms with van der Waals surface area (Å²) in [5.41, 5.74) is 1.36. The maximum Gasteiger partial charge on any atom is 0.338 e. The van der Waals surface area contributed by atoms with Crippen LogP contribution in [0.5, 0.6) is 0 Å². The summed E-state index contributed by atoms with van der Waals surface area (Å²) in [6.45, 7) is 4.99. The molecule has 0 spiro atoms. The molecule has 11 heteroatoms. The van der Waals surface area contributed by atoms with E-state index in [0.29, 0.717) is 12.1 Å². The lowest BCUT2D eigenvalue weighted by Crippen LogP contribution is -2.46. The van der Waals surface area contributed by atoms with Crippen molar-refractivity contribution in [2.24, 2.45) is 0 Å². The molecule has 1 unspecified atom stereocenters. The van der Waals surface area contributed by atoms with E-state index in [1.165, 1.54) is 23.4 Å². The molecule has 0 aromatic heterocycles. The highest BCUT2D eigenvalue weighted by atomic mass is 35.5. The van der Waals surface area contributed by atoms with Crippen molar-refractivity contribution in [3.63, 3.8) is 0 Å². The molecule has 0 saturated heterocycles. The lowest BCUT2D eigenvalue weighted by Gasteiger charge is -2.21. The molecular formula is C22H24ClN3O6S. The minimum absolute atomic E-state index is 0.0490. The van der Waals surface area contributed by atoms with Crippen LogP contribution in [0.25, 0.3) is 0 Å². The molecule has 0 radical (unpaired) electrons. The number of fused-ring (bicyclic) bond motifs is 1. The van der Waals surface area contributed by atoms with E-state index in [2.05, 4.69) is 10.6 Å². The second-order valence-electron chi connectivity index (χ2n) is 7.77. The van der Waals surface area contributed by atoms with Crippen LogP contribution in [0.2, 0.25) is 5.02 Å². The maximum atomic E-state index is 13.3. The smallest absolute Gasteiger partial charge is 0.338 e. The summed E-state index contributed by atoms with van der Waals surface area (Å²) >= 11 is 6.18. The van der Waals surface area contributed by atoms with Gasteiger partial charge in [-0.1, -0.05) is 29.8 Å². The van der Waals surface area contributed by atoms with E-state index in [9.17, 15) is 22.8 Å². The molecule has 1 atom stereocenters. The summed E-state index contributed by atoms with van der Waals surface area (Å²) in [5, 5.41) is 4.50. The van der Waals surface area contributed by atoms with Crippen LogP contribution in [0.15, 0.2) is 47.4 Å². The fourth-order valence-electron chi connectivity index (χ4n) is 3.30. The van der Waals surface area contributed by atoms with Crippen LogP contribution in [0, 0.1) is 0 Å². The Balaban J connectivity index is 1.78. The highest BCUT2D eigenvalue weighted by molar-refractivity contribution is 7.93. The van der Waals surface area contributed by atoms with Crippen LogP contribution in [0.3, 0.4) is 0 Å². The van der Waals surface area contributed by atoms with Gasteiger partial charge < -0.3 is 10.1 Å². The number of esters is 1. The molecule has 0 saturated carbocycles. The highest BCUT2D eigenvalue weighted by Gasteiger charge is 2.33. The zero-order valence-corrected chi connectivity index (χ0v) is 19.9. The van der Waals surface area contributed by atoms with Gasteiger partial charge in [0, 0.05) is 12.6 Å². The van der Waals surface area contributed by atoms with Crippen LogP contribution in [0.1, 0.15) is 36.7 Å². The van der Waals surface area contributed by atoms with E-state index < -0.39 is 34.0 Å². The fourth-order valence-corrected chi connectivity index (χ4v) is 5.30. The van der Waals surface area contributed by atoms with Crippen molar-refractivity contribution in [3.05, 3.63) is 58.6 Å². The maximum absolute atomic E-state index is 13.3. The number of nitrogens with one attached hydrogen (secondary N) is 2. The lowest BCUT2D eigenvalue weighted by atomic mass is 10.2. The van der Waals surface area contributed by atoms with Crippen molar-refractivity contribution in [2.75, 3.05) is 10.8 Å². The Morgan fingerprint density at radius 3 is 2.48 bits per heavy atom. The average molecular weight is 494 g/mol. The molecule has 0 fully saturated rings. The number of carbonyl (C=O) groups excluding carboxylic acids is 3. The quantitative estimate of drug-likeness (QED) is 0.597. The Kier molecular flexibility index (Phi) is 7.28. The van der Waals surface area contributed by atoms with Crippen LogP contribution in [-0.4, -0.2) is 45.0 Å². The second kappa shape index (κ2) is 9.80. The topological polar surface area (TPSA) is 122 Å². The fraction of sp³-hybridized carbons (Fsp3) is 0.318. The number of ether oxygens (including phenoxy) is 1. The van der Waals surface area contributed by atoms with E-state index >= 15 is 0 Å². The molecule has 176 valence electrons. The van der Waals surface area contributed by atoms with E-state index in [4.69, 9.17) is 16.3 Å². The van der Waals surface area contributed by atoms with Gasteiger partial charge in [-0.2, -0.15) is 0 Å². The number of amides is 3. The summed E-state index contributed by atoms with van der Waals surface area (Å²) < 4.78 is 33.0. The number of hydrogen-bond donors (Lipinski definition) is 2. The van der Waals surface area contributed by atoms with Crippen LogP contribution >= 0.6 is 11.6 Å². The molecule has 2 aromatic carbocycles. The minimum atomic E-state index is -4.05. The molecule has 3 amide bonds. The number of halogens is 1. The van der Waals surface area contributed by atoms with Crippen molar-refractivity contribution in [3.8, 4) is 0 Å². The normalized spacial score (nSPS) is 13.9. The van der Waals surface area contributed by atoms with Gasteiger partial charge in [0.1, 0.15) is 4.90 Å². The Morgan fingerprint density at radius 1 is 1.09 bits per heavy atom. The van der Waals surface area contributed by atoms with Gasteiger partial charge in [0.25, 0.3) is 15.9 Å². The summed E-state index contributed by atoms with van der Waals surface area (Å²) in [7, 11) is -4.05. The first-order chi connectivity index (χ1) is 15.5. The zero-order chi connectivity index (χ0) is 24.3. The van der Waals surface area contributed by atoms with Crippen molar-refractivity contribution in [2.45, 2.75) is 44.2 Å². The Hall–Kier alpha value is -3.11. The van der Waals surface area contributed by atoms with Crippen LogP contribution in [0.4, 0.5) is 10.5 Å². The van der Waals surface area contributed by atoms with E-state index in [0.717, 1.165) is 11.6 Å². The van der Waals surface area contributed by atoms with Gasteiger partial charge in [0.2, 0.25) is 0 Å². The first kappa shape index (κ1) is 24.5. The predicted molar refractivity (Wildman–Crippen MR) is 123 cm³/mol. The van der Waals surface area contributed by atoms with Crippen molar-refractivity contribution >= 4 is 45.2 Å². The molecule has 1 heterocycles. The molecule has 3 rings (SSSR count). The molecule has 0 aliphatic carbocycles. The van der Waals surface area contributed by atoms with Crippen molar-refractivity contribution in [1.82, 2.24) is 10.6 Å². The largest absolute Gasteiger partial charge is 0.449 e. The number of sulfonamides is 1. The van der Waals surface area contributed by atoms with E-state index in [1.807, 2.05) is 12.1 Å². The zero-order valence-electron chi connectivity index (χ0n) is 18.3. The summed E-state index contributed by atoms with van der Waals surface area (Å²) in [5.74, 6) is -1.76. The van der Waals surface area contributed by atoms with Gasteiger partial charge in [0.05, 0.1) is 16.3 Å². The number of hydrogen-bond acceptors (Lipinski definition) is 6. The van der Waals surface area contributed by atoms with Gasteiger partial charge in [-0.05, 0) is 57.0 Å². The number of urea groups is 1. The SMILES string of the molecule is CC(C)NC(=O)NC(=O)C(C)OC(=O)c1ccc(Cl)c(S(=O)(=O)N2CCc3ccccc32)c1. The Bertz CT molecular complexity index is 1200. The molecule has 1 aliphatic heterocycles. The predicted octanol–water partition coefficient (Wildman–Crippen LogP) is 2.87. The molecular weight excluding hydrogens is 470 g/mol. The van der Waals surface area contributed by atoms with Gasteiger partial charge in [0.15, 0.2) is 6.10 Å². The third kappa shape index (κ3) is 5.45. The van der Waals surface area contributed by atoms with Crippen molar-refractivity contribution < 1.29 is 27.5 Å². The number of benzene rings is 2. The second-order valence-corrected chi connectivity index (χ2v) is 10.0. The van der Waals surface area contributed by atoms with Gasteiger partial charge in [-0.3, -0.25) is 14.4 Å². The molecule has 1 aliphatic rings. The number of carbonyl (C=O) groups is 3. The Morgan fingerprint density at radius 2 is 1.79 bits per heavy atom. The number of anilines is 1. The molecule has 33 heavy (non-hydrogen) atoms. The van der Waals surface area contributed by atoms with Crippen LogP contribution < -0.4 is 14.9 Å².